The predicted molar refractivity (Wildman–Crippen MR) is 464 cm³/mol. The van der Waals surface area contributed by atoms with Crippen molar-refractivity contribution in [2.75, 3.05) is 0 Å². The summed E-state index contributed by atoms with van der Waals surface area (Å²) in [5, 5.41) is 183. The number of nitriles is 16. The zero-order chi connectivity index (χ0) is 84.6. The molecule has 0 aliphatic rings. The summed E-state index contributed by atoms with van der Waals surface area (Å²) in [6, 6.07) is 80.3. The molecule has 0 aliphatic heterocycles. The van der Waals surface area contributed by atoms with Crippen molar-refractivity contribution < 1.29 is 0 Å². The molecule has 0 atom stereocenters. The molecular weight excluding hydrogens is 1470 g/mol. The Bertz CT molecular complexity index is 8330. The molecule has 0 saturated heterocycles. The van der Waals surface area contributed by atoms with Gasteiger partial charge in [-0.05, 0) is 216 Å². The van der Waals surface area contributed by atoms with Crippen molar-refractivity contribution in [3.8, 4) is 97.1 Å². The van der Waals surface area contributed by atoms with Crippen LogP contribution in [0.1, 0.15) is 134 Å². The quantitative estimate of drug-likeness (QED) is 0.100. The largest absolute Gasteiger partial charge is 0.192 e. The second-order valence-electron chi connectivity index (χ2n) is 30.0. The lowest BCUT2D eigenvalue weighted by molar-refractivity contribution is 1.45. The lowest BCUT2D eigenvalue weighted by atomic mass is 9.82. The molecule has 0 radical (unpaired) electrons. The molecule has 0 heterocycles. The number of benzene rings is 20. The standard InChI is InChI=1S/4C26H12N4/c2*1-13-3-5-19-23-16(10-28)7-14(2)22-15(9-27)4-6-20(26(22)23)24-18(12-30)8-17(11-29)21(13)25(19)24;2*1-13-3-5-19-20-6-4-15(9-27)22-14(2)7-16(10-28)23(26(20)22)24-18(12-30)8-17(11-29)21(13)25(19)24/h4*3-8H,1-2H3. The minimum atomic E-state index is 0.362. The summed E-state index contributed by atoms with van der Waals surface area (Å²) in [4.78, 5) is 0. The van der Waals surface area contributed by atoms with Gasteiger partial charge in [-0.15, -0.1) is 0 Å². The van der Waals surface area contributed by atoms with E-state index in [0.717, 1.165) is 195 Å². The first kappa shape index (κ1) is 74.2. The van der Waals surface area contributed by atoms with E-state index in [4.69, 9.17) is 0 Å². The normalized spacial score (nSPS) is 10.9. The first-order valence-corrected chi connectivity index (χ1v) is 37.5. The highest BCUT2D eigenvalue weighted by Gasteiger charge is 2.30. The molecule has 544 valence electrons. The second-order valence-corrected chi connectivity index (χ2v) is 30.0. The van der Waals surface area contributed by atoms with E-state index in [1.165, 1.54) is 0 Å². The highest BCUT2D eigenvalue weighted by atomic mass is 14.4. The smallest absolute Gasteiger partial charge is 0.0998 e. The van der Waals surface area contributed by atoms with Gasteiger partial charge in [0.1, 0.15) is 0 Å². The molecule has 0 saturated carbocycles. The van der Waals surface area contributed by atoms with Gasteiger partial charge in [0.05, 0.1) is 186 Å². The summed E-state index contributed by atoms with van der Waals surface area (Å²) in [5.41, 5.74) is 14.6. The molecule has 16 nitrogen and oxygen atoms in total. The molecule has 0 N–H and O–H groups in total. The summed E-state index contributed by atoms with van der Waals surface area (Å²) in [6.07, 6.45) is 0. The Balaban J connectivity index is 0.000000114. The molecule has 0 amide bonds. The fourth-order valence-corrected chi connectivity index (χ4v) is 19.3. The van der Waals surface area contributed by atoms with E-state index in [0.29, 0.717) is 111 Å². The molecule has 0 fully saturated rings. The van der Waals surface area contributed by atoms with Crippen molar-refractivity contribution in [1.82, 2.24) is 0 Å². The van der Waals surface area contributed by atoms with Gasteiger partial charge < -0.3 is 0 Å². The zero-order valence-electron chi connectivity index (χ0n) is 65.0. The lowest BCUT2D eigenvalue weighted by Crippen LogP contribution is -1.98. The van der Waals surface area contributed by atoms with E-state index >= 15 is 0 Å². The van der Waals surface area contributed by atoms with Crippen LogP contribution in [0.15, 0.2) is 146 Å². The van der Waals surface area contributed by atoms with Crippen LogP contribution >= 0.6 is 0 Å². The molecule has 20 aromatic carbocycles. The number of rotatable bonds is 0. The third kappa shape index (κ3) is 10.1. The third-order valence-corrected chi connectivity index (χ3v) is 24.0. The molecular formula is C104H48N16. The number of nitrogens with zero attached hydrogens (tertiary/aromatic N) is 16. The van der Waals surface area contributed by atoms with E-state index in [2.05, 4.69) is 97.1 Å². The van der Waals surface area contributed by atoms with Gasteiger partial charge >= 0.3 is 0 Å². The maximum absolute atomic E-state index is 9.95. The Morgan fingerprint density at radius 1 is 0.117 bits per heavy atom. The van der Waals surface area contributed by atoms with Crippen LogP contribution in [0, 0.1) is 237 Å². The van der Waals surface area contributed by atoms with Gasteiger partial charge in [-0.3, -0.25) is 0 Å². The van der Waals surface area contributed by atoms with Gasteiger partial charge in [0.15, 0.2) is 0 Å². The fraction of sp³-hybridized carbons (Fsp3) is 0.0769. The van der Waals surface area contributed by atoms with Gasteiger partial charge in [-0.2, -0.15) is 84.2 Å². The van der Waals surface area contributed by atoms with Crippen molar-refractivity contribution >= 4 is 172 Å². The van der Waals surface area contributed by atoms with Gasteiger partial charge in [0, 0.05) is 129 Å². The number of hydrogen-bond donors (Lipinski definition) is 0. The summed E-state index contributed by atoms with van der Waals surface area (Å²) >= 11 is 0. The van der Waals surface area contributed by atoms with E-state index in [-0.39, 0.29) is 0 Å². The van der Waals surface area contributed by atoms with Crippen molar-refractivity contribution in [2.24, 2.45) is 0 Å². The summed E-state index contributed by atoms with van der Waals surface area (Å²) in [5.74, 6) is 0. The summed E-state index contributed by atoms with van der Waals surface area (Å²) in [6.45, 7) is 15.4. The van der Waals surface area contributed by atoms with E-state index < -0.39 is 0 Å². The fourth-order valence-electron chi connectivity index (χ4n) is 19.3. The van der Waals surface area contributed by atoms with E-state index in [9.17, 15) is 84.2 Å². The van der Waals surface area contributed by atoms with Crippen LogP contribution in [0.3, 0.4) is 0 Å². The molecule has 0 unspecified atom stereocenters. The first-order chi connectivity index (χ1) is 58.2. The van der Waals surface area contributed by atoms with Crippen LogP contribution in [0.4, 0.5) is 0 Å². The van der Waals surface area contributed by atoms with Gasteiger partial charge in [0.2, 0.25) is 0 Å². The SMILES string of the molecule is Cc1cc(C#N)c2c3c(C#N)cc(C#N)c4c(C)ccc(c5ccc(C#N)c1c52)c43.Cc1cc(C#N)c2c3c(C#N)cc(C#N)c4c(C)ccc(c5ccc(C#N)c1c52)c43.Cc1cc(C#N)c2c3ccc(C)c4c(C#N)cc(C#N)c(c5ccc(C#N)c1c52)c43.Cc1cc(C#N)c2c3ccc(C)c4c(C#N)cc(C#N)c(c5ccc(C#N)c1c52)c43. The lowest BCUT2D eigenvalue weighted by Gasteiger charge is -2.19. The van der Waals surface area contributed by atoms with Crippen LogP contribution in [0.5, 0.6) is 0 Å². The van der Waals surface area contributed by atoms with Crippen molar-refractivity contribution in [1.29, 1.82) is 84.2 Å². The van der Waals surface area contributed by atoms with Crippen LogP contribution < -0.4 is 0 Å². The zero-order valence-corrected chi connectivity index (χ0v) is 65.0. The van der Waals surface area contributed by atoms with Crippen LogP contribution in [0.2, 0.25) is 0 Å². The molecule has 20 rings (SSSR count). The monoisotopic (exact) mass is 1520 g/mol. The molecule has 0 aliphatic carbocycles. The molecule has 0 aromatic heterocycles. The second kappa shape index (κ2) is 27.7. The van der Waals surface area contributed by atoms with Crippen LogP contribution in [-0.2, 0) is 0 Å². The molecule has 120 heavy (non-hydrogen) atoms. The van der Waals surface area contributed by atoms with Crippen molar-refractivity contribution in [3.05, 3.63) is 279 Å². The predicted octanol–water partition coefficient (Wildman–Crippen LogP) is 23.4. The van der Waals surface area contributed by atoms with Crippen molar-refractivity contribution in [3.63, 3.8) is 0 Å². The minimum Gasteiger partial charge on any atom is -0.192 e. The first-order valence-electron chi connectivity index (χ1n) is 37.5. The van der Waals surface area contributed by atoms with Gasteiger partial charge in [-0.1, -0.05) is 72.8 Å². The van der Waals surface area contributed by atoms with Crippen LogP contribution in [0.25, 0.3) is 172 Å². The maximum Gasteiger partial charge on any atom is 0.0998 e. The van der Waals surface area contributed by atoms with Gasteiger partial charge in [-0.25, -0.2) is 0 Å². The third-order valence-electron chi connectivity index (χ3n) is 24.0. The van der Waals surface area contributed by atoms with E-state index in [1.54, 1.807) is 60.7 Å². The highest BCUT2D eigenvalue weighted by molar-refractivity contribution is 6.41. The van der Waals surface area contributed by atoms with Gasteiger partial charge in [0.25, 0.3) is 0 Å². The Hall–Kier alpha value is -18.6. The summed E-state index contributed by atoms with van der Waals surface area (Å²) < 4.78 is 0. The number of fused-ring (bicyclic) bond motifs is 8. The Labute approximate surface area is 683 Å². The Kier molecular flexibility index (Phi) is 17.1. The highest BCUT2D eigenvalue weighted by Crippen LogP contribution is 2.52. The van der Waals surface area contributed by atoms with Crippen LogP contribution in [-0.4, -0.2) is 0 Å². The molecule has 16 heteroatoms. The van der Waals surface area contributed by atoms with Crippen molar-refractivity contribution in [2.45, 2.75) is 55.4 Å². The average molecular weight is 1520 g/mol. The Morgan fingerprint density at radius 3 is 0.450 bits per heavy atom. The molecule has 20 aromatic rings. The average Bonchev–Trinajstić information content (AvgIpc) is 0.710. The number of aryl methyl sites for hydroxylation is 8. The van der Waals surface area contributed by atoms with E-state index in [1.807, 2.05) is 140 Å². The summed E-state index contributed by atoms with van der Waals surface area (Å²) in [7, 11) is 0. The Morgan fingerprint density at radius 2 is 0.250 bits per heavy atom. The number of hydrogen-bond acceptors (Lipinski definition) is 16. The maximum atomic E-state index is 9.95. The topological polar surface area (TPSA) is 381 Å². The molecule has 0 spiro atoms. The minimum absolute atomic E-state index is 0.362. The molecule has 0 bridgehead atoms.